The van der Waals surface area contributed by atoms with E-state index < -0.39 is 12.1 Å². The molecule has 5 nitrogen and oxygen atoms in total. The second-order valence-corrected chi connectivity index (χ2v) is 6.56. The zero-order chi connectivity index (χ0) is 22.2. The molecule has 0 aliphatic carbocycles. The van der Waals surface area contributed by atoms with E-state index in [9.17, 15) is 18.4 Å². The molecule has 0 aromatic heterocycles. The first-order valence-electron chi connectivity index (χ1n) is 9.41. The van der Waals surface area contributed by atoms with Gasteiger partial charge in [-0.3, -0.25) is 5.32 Å². The number of hydrogen-bond donors (Lipinski definition) is 2. The van der Waals surface area contributed by atoms with Crippen molar-refractivity contribution in [1.29, 1.82) is 0 Å². The lowest BCUT2D eigenvalue weighted by Gasteiger charge is -2.10. The lowest BCUT2D eigenvalue weighted by Crippen LogP contribution is -2.14. The number of rotatable bonds is 7. The summed E-state index contributed by atoms with van der Waals surface area (Å²) in [5.41, 5.74) is 2.77. The van der Waals surface area contributed by atoms with E-state index in [-0.39, 0.29) is 23.8 Å². The number of carboxylic acid groups (broad SMARTS) is 1. The quantitative estimate of drug-likeness (QED) is 0.476. The van der Waals surface area contributed by atoms with Gasteiger partial charge in [-0.1, -0.05) is 30.3 Å². The number of benzene rings is 3. The van der Waals surface area contributed by atoms with Gasteiger partial charge in [-0.15, -0.1) is 0 Å². The summed E-state index contributed by atoms with van der Waals surface area (Å²) in [6.07, 6.45) is 1.52. The third kappa shape index (κ3) is 6.24. The number of halogens is 2. The van der Waals surface area contributed by atoms with Crippen LogP contribution in [-0.2, 0) is 4.74 Å². The Balaban J connectivity index is 1.62. The number of hydrogen-bond acceptors (Lipinski definition) is 3. The first-order valence-corrected chi connectivity index (χ1v) is 9.41. The number of nitrogens with one attached hydrogen (secondary N) is 1. The Labute approximate surface area is 177 Å². The van der Waals surface area contributed by atoms with Gasteiger partial charge in [0.1, 0.15) is 11.6 Å². The second-order valence-electron chi connectivity index (χ2n) is 6.56. The fourth-order valence-corrected chi connectivity index (χ4v) is 2.87. The number of ether oxygens (including phenoxy) is 1. The molecule has 0 aliphatic rings. The van der Waals surface area contributed by atoms with E-state index in [1.165, 1.54) is 48.5 Å². The van der Waals surface area contributed by atoms with E-state index in [1.807, 2.05) is 6.08 Å². The van der Waals surface area contributed by atoms with Gasteiger partial charge in [-0.2, -0.15) is 0 Å². The van der Waals surface area contributed by atoms with Gasteiger partial charge in [0.2, 0.25) is 0 Å². The maximum atomic E-state index is 13.3. The maximum Gasteiger partial charge on any atom is 0.411 e. The fourth-order valence-electron chi connectivity index (χ4n) is 2.87. The van der Waals surface area contributed by atoms with Crippen LogP contribution in [-0.4, -0.2) is 23.8 Å². The zero-order valence-corrected chi connectivity index (χ0v) is 16.3. The Morgan fingerprint density at radius 2 is 1.29 bits per heavy atom. The summed E-state index contributed by atoms with van der Waals surface area (Å²) in [6, 6.07) is 17.5. The summed E-state index contributed by atoms with van der Waals surface area (Å²) in [5.74, 6) is -1.78. The summed E-state index contributed by atoms with van der Waals surface area (Å²) < 4.78 is 31.7. The Kier molecular flexibility index (Phi) is 7.11. The smallest absolute Gasteiger partial charge is 0.411 e. The van der Waals surface area contributed by atoms with Gasteiger partial charge < -0.3 is 9.84 Å². The summed E-state index contributed by atoms with van der Waals surface area (Å²) in [5, 5.41) is 11.4. The Morgan fingerprint density at radius 3 is 1.77 bits per heavy atom. The number of carbonyl (C=O) groups is 2. The van der Waals surface area contributed by atoms with Crippen molar-refractivity contribution in [3.63, 3.8) is 0 Å². The van der Waals surface area contributed by atoms with E-state index in [4.69, 9.17) is 9.84 Å². The molecule has 0 heterocycles. The van der Waals surface area contributed by atoms with E-state index >= 15 is 0 Å². The van der Waals surface area contributed by atoms with E-state index in [0.717, 1.165) is 16.7 Å². The number of carboxylic acids is 1. The van der Waals surface area contributed by atoms with Crippen molar-refractivity contribution >= 4 is 23.3 Å². The van der Waals surface area contributed by atoms with Gasteiger partial charge in [0.05, 0.1) is 12.2 Å². The highest BCUT2D eigenvalue weighted by Crippen LogP contribution is 2.24. The Morgan fingerprint density at radius 1 is 0.806 bits per heavy atom. The third-order valence-electron chi connectivity index (χ3n) is 4.39. The molecule has 31 heavy (non-hydrogen) atoms. The highest BCUT2D eigenvalue weighted by Gasteiger charge is 2.08. The molecule has 2 N–H and O–H groups in total. The molecule has 0 spiro atoms. The van der Waals surface area contributed by atoms with Crippen molar-refractivity contribution in [2.24, 2.45) is 0 Å². The van der Waals surface area contributed by atoms with Gasteiger partial charge >= 0.3 is 12.1 Å². The predicted molar refractivity (Wildman–Crippen MR) is 113 cm³/mol. The van der Waals surface area contributed by atoms with Gasteiger partial charge in [-0.05, 0) is 65.2 Å². The molecule has 0 radical (unpaired) electrons. The monoisotopic (exact) mass is 423 g/mol. The van der Waals surface area contributed by atoms with Crippen LogP contribution in [0.1, 0.15) is 27.9 Å². The van der Waals surface area contributed by atoms with E-state index in [2.05, 4.69) is 5.32 Å². The van der Waals surface area contributed by atoms with E-state index in [0.29, 0.717) is 12.1 Å². The lowest BCUT2D eigenvalue weighted by molar-refractivity contribution is 0.0697. The molecule has 0 saturated heterocycles. The molecule has 3 aromatic rings. The topological polar surface area (TPSA) is 75.6 Å². The predicted octanol–water partition coefficient (Wildman–Crippen LogP) is 5.73. The molecule has 0 saturated carbocycles. The molecule has 0 fully saturated rings. The van der Waals surface area contributed by atoms with Crippen molar-refractivity contribution in [1.82, 2.24) is 0 Å². The normalized spacial score (nSPS) is 10.3. The van der Waals surface area contributed by atoms with Crippen molar-refractivity contribution in [3.05, 3.63) is 107 Å². The van der Waals surface area contributed by atoms with Crippen LogP contribution in [0.15, 0.2) is 78.9 Å². The van der Waals surface area contributed by atoms with E-state index in [1.54, 1.807) is 24.3 Å². The van der Waals surface area contributed by atoms with Crippen molar-refractivity contribution in [3.8, 4) is 0 Å². The average molecular weight is 423 g/mol. The van der Waals surface area contributed by atoms with Gasteiger partial charge in [-0.25, -0.2) is 18.4 Å². The minimum atomic E-state index is -1.06. The van der Waals surface area contributed by atoms with Crippen molar-refractivity contribution in [2.75, 3.05) is 11.9 Å². The zero-order valence-electron chi connectivity index (χ0n) is 16.3. The van der Waals surface area contributed by atoms with Gasteiger partial charge in [0, 0.05) is 12.1 Å². The molecule has 3 rings (SSSR count). The molecule has 0 bridgehead atoms. The van der Waals surface area contributed by atoms with Gasteiger partial charge in [0.25, 0.3) is 0 Å². The lowest BCUT2D eigenvalue weighted by atomic mass is 9.97. The van der Waals surface area contributed by atoms with Crippen LogP contribution >= 0.6 is 0 Å². The standard InChI is InChI=1S/C24H19F2NO4/c25-19-9-3-16(4-10-19)22(17-5-11-20(26)12-6-17)2-1-15-31-24(30)27-21-13-7-18(8-14-21)23(28)29/h2-14H,1,15H2,(H,27,30)(H,28,29). The number of anilines is 1. The first-order chi connectivity index (χ1) is 14.9. The first kappa shape index (κ1) is 21.7. The highest BCUT2D eigenvalue weighted by atomic mass is 19.1. The van der Waals surface area contributed by atoms with Crippen molar-refractivity contribution in [2.45, 2.75) is 6.42 Å². The summed E-state index contributed by atoms with van der Waals surface area (Å²) in [6.45, 7) is 0.0743. The molecular weight excluding hydrogens is 404 g/mol. The molecule has 158 valence electrons. The average Bonchev–Trinajstić information content (AvgIpc) is 2.76. The molecule has 7 heteroatoms. The summed E-state index contributed by atoms with van der Waals surface area (Å²) >= 11 is 0. The summed E-state index contributed by atoms with van der Waals surface area (Å²) in [4.78, 5) is 22.8. The third-order valence-corrected chi connectivity index (χ3v) is 4.39. The Bertz CT molecular complexity index is 1030. The van der Waals surface area contributed by atoms with Crippen LogP contribution in [0.5, 0.6) is 0 Å². The number of aromatic carboxylic acids is 1. The van der Waals surface area contributed by atoms with Crippen molar-refractivity contribution < 1.29 is 28.2 Å². The van der Waals surface area contributed by atoms with Crippen LogP contribution in [0.4, 0.5) is 19.3 Å². The maximum absolute atomic E-state index is 13.3. The highest BCUT2D eigenvalue weighted by molar-refractivity contribution is 5.89. The van der Waals surface area contributed by atoms with Crippen LogP contribution in [0.25, 0.3) is 5.57 Å². The van der Waals surface area contributed by atoms with Crippen LogP contribution in [0.3, 0.4) is 0 Å². The van der Waals surface area contributed by atoms with Crippen LogP contribution in [0.2, 0.25) is 0 Å². The fraction of sp³-hybridized carbons (Fsp3) is 0.0833. The minimum absolute atomic E-state index is 0.0743. The number of amides is 1. The molecule has 0 aliphatic heterocycles. The molecule has 1 amide bonds. The molecule has 3 aromatic carbocycles. The Hall–Kier alpha value is -4.00. The number of carbonyl (C=O) groups excluding carboxylic acids is 1. The molecule has 0 atom stereocenters. The van der Waals surface area contributed by atoms with Crippen LogP contribution < -0.4 is 5.32 Å². The minimum Gasteiger partial charge on any atom is -0.478 e. The largest absolute Gasteiger partial charge is 0.478 e. The molecular formula is C24H19F2NO4. The SMILES string of the molecule is O=C(Nc1ccc(C(=O)O)cc1)OCCC=C(c1ccc(F)cc1)c1ccc(F)cc1. The summed E-state index contributed by atoms with van der Waals surface area (Å²) in [7, 11) is 0. The van der Waals surface area contributed by atoms with Gasteiger partial charge in [0.15, 0.2) is 0 Å². The second kappa shape index (κ2) is 10.2. The van der Waals surface area contributed by atoms with Crippen LogP contribution in [0, 0.1) is 11.6 Å². The molecule has 0 unspecified atom stereocenters.